The molecule has 0 aromatic carbocycles. The summed E-state index contributed by atoms with van der Waals surface area (Å²) >= 11 is 2.04. The smallest absolute Gasteiger partial charge is 0.0464 e. The van der Waals surface area contributed by atoms with E-state index in [4.69, 9.17) is 5.11 Å². The van der Waals surface area contributed by atoms with Crippen molar-refractivity contribution in [2.75, 3.05) is 18.9 Å². The Kier molecular flexibility index (Phi) is 5.62. The average Bonchev–Trinajstić information content (AvgIpc) is 2.53. The van der Waals surface area contributed by atoms with Crippen molar-refractivity contribution in [2.45, 2.75) is 51.8 Å². The summed E-state index contributed by atoms with van der Waals surface area (Å²) in [7, 11) is 0. The van der Waals surface area contributed by atoms with E-state index in [1.54, 1.807) is 0 Å². The molecule has 0 aromatic heterocycles. The molecule has 1 rings (SSSR count). The van der Waals surface area contributed by atoms with Crippen LogP contribution in [-0.4, -0.2) is 35.3 Å². The van der Waals surface area contributed by atoms with E-state index in [2.05, 4.69) is 33.0 Å². The quantitative estimate of drug-likeness (QED) is 0.754. The fourth-order valence-electron chi connectivity index (χ4n) is 2.49. The highest BCUT2D eigenvalue weighted by Crippen LogP contribution is 2.43. The van der Waals surface area contributed by atoms with Crippen LogP contribution in [-0.2, 0) is 0 Å². The second-order valence-electron chi connectivity index (χ2n) is 5.72. The lowest BCUT2D eigenvalue weighted by atomic mass is 9.87. The minimum Gasteiger partial charge on any atom is -0.396 e. The van der Waals surface area contributed by atoms with Crippen molar-refractivity contribution < 1.29 is 5.11 Å². The minimum absolute atomic E-state index is 0.314. The van der Waals surface area contributed by atoms with Crippen LogP contribution in [0.4, 0.5) is 0 Å². The molecule has 1 fully saturated rings. The molecule has 3 heteroatoms. The molecule has 2 nitrogen and oxygen atoms in total. The van der Waals surface area contributed by atoms with E-state index in [9.17, 15) is 0 Å². The Balaban J connectivity index is 2.46. The van der Waals surface area contributed by atoms with Gasteiger partial charge in [0, 0.05) is 17.9 Å². The zero-order chi connectivity index (χ0) is 12.2. The number of nitrogens with one attached hydrogen (secondary N) is 1. The molecule has 1 aliphatic rings. The van der Waals surface area contributed by atoms with Crippen LogP contribution < -0.4 is 5.32 Å². The van der Waals surface area contributed by atoms with Crippen LogP contribution in [0.3, 0.4) is 0 Å². The molecule has 0 bridgehead atoms. The molecule has 0 aliphatic heterocycles. The molecule has 3 unspecified atom stereocenters. The van der Waals surface area contributed by atoms with E-state index < -0.39 is 0 Å². The molecular weight excluding hydrogens is 218 g/mol. The topological polar surface area (TPSA) is 32.3 Å². The van der Waals surface area contributed by atoms with Crippen LogP contribution in [0.1, 0.15) is 40.5 Å². The third kappa shape index (κ3) is 3.64. The summed E-state index contributed by atoms with van der Waals surface area (Å²) in [5, 5.41) is 13.4. The van der Waals surface area contributed by atoms with Gasteiger partial charge in [0.1, 0.15) is 0 Å². The first-order valence-electron chi connectivity index (χ1n) is 6.47. The first kappa shape index (κ1) is 14.3. The van der Waals surface area contributed by atoms with Gasteiger partial charge in [-0.05, 0) is 36.5 Å². The molecule has 0 spiro atoms. The Morgan fingerprint density at radius 2 is 2.19 bits per heavy atom. The summed E-state index contributed by atoms with van der Waals surface area (Å²) in [6.45, 7) is 10.4. The number of aliphatic hydroxyl groups is 1. The molecule has 0 radical (unpaired) electrons. The van der Waals surface area contributed by atoms with Gasteiger partial charge in [0.15, 0.2) is 0 Å². The molecule has 16 heavy (non-hydrogen) atoms. The molecule has 1 saturated carbocycles. The Bertz CT molecular complexity index is 208. The number of rotatable bonds is 6. The zero-order valence-corrected chi connectivity index (χ0v) is 11.9. The maximum atomic E-state index is 9.05. The van der Waals surface area contributed by atoms with Gasteiger partial charge in [-0.3, -0.25) is 0 Å². The van der Waals surface area contributed by atoms with E-state index in [0.29, 0.717) is 24.0 Å². The standard InChI is InChI=1S/C13H27NOS/c1-5-14-12-11(6-7-13(12,3)4)16-9-10(2)8-15/h10-12,14-15H,5-9H2,1-4H3. The second-order valence-corrected chi connectivity index (χ2v) is 6.99. The Morgan fingerprint density at radius 3 is 2.75 bits per heavy atom. The summed E-state index contributed by atoms with van der Waals surface area (Å²) in [5.41, 5.74) is 0.427. The lowest BCUT2D eigenvalue weighted by molar-refractivity contribution is 0.250. The maximum absolute atomic E-state index is 9.05. The van der Waals surface area contributed by atoms with Crippen LogP contribution in [0.15, 0.2) is 0 Å². The van der Waals surface area contributed by atoms with E-state index in [1.807, 2.05) is 11.8 Å². The van der Waals surface area contributed by atoms with Gasteiger partial charge in [-0.15, -0.1) is 0 Å². The van der Waals surface area contributed by atoms with Gasteiger partial charge >= 0.3 is 0 Å². The second kappa shape index (κ2) is 6.27. The largest absolute Gasteiger partial charge is 0.396 e. The van der Waals surface area contributed by atoms with Gasteiger partial charge in [-0.1, -0.05) is 27.7 Å². The van der Waals surface area contributed by atoms with E-state index in [1.165, 1.54) is 12.8 Å². The highest BCUT2D eigenvalue weighted by molar-refractivity contribution is 8.00. The number of hydrogen-bond acceptors (Lipinski definition) is 3. The number of aliphatic hydroxyl groups excluding tert-OH is 1. The molecule has 0 amide bonds. The zero-order valence-electron chi connectivity index (χ0n) is 11.1. The normalized spacial score (nSPS) is 30.6. The van der Waals surface area contributed by atoms with Gasteiger partial charge in [0.25, 0.3) is 0 Å². The summed E-state index contributed by atoms with van der Waals surface area (Å²) in [4.78, 5) is 0. The summed E-state index contributed by atoms with van der Waals surface area (Å²) in [6.07, 6.45) is 2.63. The van der Waals surface area contributed by atoms with Crippen LogP contribution in [0.2, 0.25) is 0 Å². The lowest BCUT2D eigenvalue weighted by Crippen LogP contribution is -2.43. The number of hydrogen-bond donors (Lipinski definition) is 2. The molecular formula is C13H27NOS. The van der Waals surface area contributed by atoms with E-state index >= 15 is 0 Å². The van der Waals surface area contributed by atoms with Crippen molar-refractivity contribution in [3.63, 3.8) is 0 Å². The first-order chi connectivity index (χ1) is 7.51. The SMILES string of the molecule is CCNC1C(SCC(C)CO)CCC1(C)C. The first-order valence-corrected chi connectivity index (χ1v) is 7.52. The average molecular weight is 245 g/mol. The molecule has 0 aromatic rings. The van der Waals surface area contributed by atoms with Gasteiger partial charge in [-0.2, -0.15) is 11.8 Å². The van der Waals surface area contributed by atoms with E-state index in [0.717, 1.165) is 17.5 Å². The molecule has 2 N–H and O–H groups in total. The highest BCUT2D eigenvalue weighted by atomic mass is 32.2. The summed E-state index contributed by atoms with van der Waals surface area (Å²) in [6, 6.07) is 0.633. The maximum Gasteiger partial charge on any atom is 0.0464 e. The Labute approximate surface area is 105 Å². The van der Waals surface area contributed by atoms with Crippen molar-refractivity contribution >= 4 is 11.8 Å². The van der Waals surface area contributed by atoms with Crippen molar-refractivity contribution in [1.82, 2.24) is 5.32 Å². The lowest BCUT2D eigenvalue weighted by Gasteiger charge is -2.31. The third-order valence-electron chi connectivity index (χ3n) is 3.62. The van der Waals surface area contributed by atoms with Gasteiger partial charge < -0.3 is 10.4 Å². The van der Waals surface area contributed by atoms with Crippen molar-refractivity contribution in [3.8, 4) is 0 Å². The van der Waals surface area contributed by atoms with Crippen molar-refractivity contribution in [2.24, 2.45) is 11.3 Å². The molecule has 0 heterocycles. The molecule has 1 aliphatic carbocycles. The van der Waals surface area contributed by atoms with Crippen LogP contribution in [0.5, 0.6) is 0 Å². The predicted molar refractivity (Wildman–Crippen MR) is 73.0 cm³/mol. The minimum atomic E-state index is 0.314. The van der Waals surface area contributed by atoms with E-state index in [-0.39, 0.29) is 0 Å². The Morgan fingerprint density at radius 1 is 1.50 bits per heavy atom. The van der Waals surface area contributed by atoms with Gasteiger partial charge in [0.05, 0.1) is 0 Å². The molecule has 96 valence electrons. The third-order valence-corrected chi connectivity index (χ3v) is 5.31. The fraction of sp³-hybridized carbons (Fsp3) is 1.00. The molecule has 0 saturated heterocycles. The monoisotopic (exact) mass is 245 g/mol. The van der Waals surface area contributed by atoms with Crippen molar-refractivity contribution in [3.05, 3.63) is 0 Å². The molecule has 3 atom stereocenters. The van der Waals surface area contributed by atoms with Gasteiger partial charge in [0.2, 0.25) is 0 Å². The fourth-order valence-corrected chi connectivity index (χ4v) is 4.11. The van der Waals surface area contributed by atoms with Gasteiger partial charge in [-0.25, -0.2) is 0 Å². The van der Waals surface area contributed by atoms with Crippen LogP contribution in [0, 0.1) is 11.3 Å². The Hall–Kier alpha value is 0.270. The number of thioether (sulfide) groups is 1. The van der Waals surface area contributed by atoms with Crippen LogP contribution >= 0.6 is 11.8 Å². The van der Waals surface area contributed by atoms with Crippen molar-refractivity contribution in [1.29, 1.82) is 0 Å². The summed E-state index contributed by atoms with van der Waals surface area (Å²) < 4.78 is 0. The summed E-state index contributed by atoms with van der Waals surface area (Å²) in [5.74, 6) is 1.51. The highest BCUT2D eigenvalue weighted by Gasteiger charge is 2.41. The predicted octanol–water partition coefficient (Wildman–Crippen LogP) is 2.51. The van der Waals surface area contributed by atoms with Crippen LogP contribution in [0.25, 0.3) is 0 Å².